The molecule has 1 aliphatic heterocycles. The number of carbonyl (C=O) groups excluding carboxylic acids is 1. The number of carbonyl (C=O) groups is 1. The van der Waals surface area contributed by atoms with E-state index in [4.69, 9.17) is 24.3 Å². The highest BCUT2D eigenvalue weighted by molar-refractivity contribution is 7.52. The molecule has 5 rings (SSSR count). The predicted octanol–water partition coefficient (Wildman–Crippen LogP) is 11.6. The van der Waals surface area contributed by atoms with Crippen molar-refractivity contribution >= 4 is 30.7 Å². The molecule has 3 heterocycles. The third kappa shape index (κ3) is 17.3. The Morgan fingerprint density at radius 3 is 2.00 bits per heavy atom. The van der Waals surface area contributed by atoms with Crippen LogP contribution in [0.25, 0.3) is 11.2 Å². The van der Waals surface area contributed by atoms with Gasteiger partial charge in [0, 0.05) is 12.5 Å². The van der Waals surface area contributed by atoms with Gasteiger partial charge in [-0.3, -0.25) is 13.9 Å². The van der Waals surface area contributed by atoms with Crippen LogP contribution in [-0.4, -0.2) is 61.6 Å². The topological polar surface area (TPSA) is 173 Å². The predicted molar refractivity (Wildman–Crippen MR) is 245 cm³/mol. The maximum absolute atomic E-state index is 14.7. The van der Waals surface area contributed by atoms with Crippen molar-refractivity contribution in [2.24, 2.45) is 0 Å². The second kappa shape index (κ2) is 26.9. The zero-order valence-electron chi connectivity index (χ0n) is 38.2. The summed E-state index contributed by atoms with van der Waals surface area (Å²) in [6, 6.07) is 9.48. The SMILES string of the molecule is CCCCCCCCCCCCCCCCCCCCCCOC(=O)[C@H](Cc1cc(F)cc(F)c1)NP(=O)(OC[C@@]1(C)O[C@@H](n2cnc3c(N)nc(F)nc32)C[C@@H]1O)Oc1ccccc1. The van der Waals surface area contributed by atoms with Gasteiger partial charge in [-0.2, -0.15) is 19.4 Å². The summed E-state index contributed by atoms with van der Waals surface area (Å²) in [5, 5.41) is 13.9. The lowest BCUT2D eigenvalue weighted by atomic mass is 10.0. The molecule has 0 spiro atoms. The van der Waals surface area contributed by atoms with Gasteiger partial charge in [0.1, 0.15) is 35.3 Å². The van der Waals surface area contributed by atoms with Crippen molar-refractivity contribution in [3.63, 3.8) is 0 Å². The number of para-hydroxylation sites is 1. The number of esters is 1. The fourth-order valence-corrected chi connectivity index (χ4v) is 9.77. The second-order valence-corrected chi connectivity index (χ2v) is 19.3. The van der Waals surface area contributed by atoms with E-state index in [1.54, 1.807) is 18.2 Å². The van der Waals surface area contributed by atoms with Gasteiger partial charge < -0.3 is 24.8 Å². The van der Waals surface area contributed by atoms with Crippen molar-refractivity contribution in [2.45, 2.75) is 179 Å². The number of rotatable bonds is 32. The van der Waals surface area contributed by atoms with Crippen molar-refractivity contribution in [1.29, 1.82) is 0 Å². The van der Waals surface area contributed by atoms with E-state index in [-0.39, 0.29) is 47.7 Å². The molecular weight excluding hydrogens is 861 g/mol. The number of nitrogens with one attached hydrogen (secondary N) is 1. The van der Waals surface area contributed by atoms with Gasteiger partial charge in [0.25, 0.3) is 0 Å². The first-order chi connectivity index (χ1) is 31.4. The van der Waals surface area contributed by atoms with Crippen molar-refractivity contribution in [2.75, 3.05) is 18.9 Å². The molecule has 1 aliphatic rings. The van der Waals surface area contributed by atoms with E-state index < -0.39 is 62.0 Å². The number of hydrogen-bond donors (Lipinski definition) is 3. The van der Waals surface area contributed by atoms with Crippen LogP contribution in [0.5, 0.6) is 5.75 Å². The molecular formula is C48H70F3N6O7P. The molecule has 5 atom stereocenters. The fourth-order valence-electron chi connectivity index (χ4n) is 8.19. The lowest BCUT2D eigenvalue weighted by Gasteiger charge is -2.31. The molecule has 2 aromatic heterocycles. The Balaban J connectivity index is 1.10. The van der Waals surface area contributed by atoms with Gasteiger partial charge in [0.2, 0.25) is 0 Å². The number of hydrogen-bond acceptors (Lipinski definition) is 11. The molecule has 360 valence electrons. The Morgan fingerprint density at radius 1 is 0.877 bits per heavy atom. The monoisotopic (exact) mass is 930 g/mol. The van der Waals surface area contributed by atoms with Gasteiger partial charge in [0.05, 0.1) is 25.6 Å². The molecule has 4 N–H and O–H groups in total. The van der Waals surface area contributed by atoms with Crippen LogP contribution >= 0.6 is 7.75 Å². The Morgan fingerprint density at radius 2 is 1.43 bits per heavy atom. The van der Waals surface area contributed by atoms with Crippen molar-refractivity contribution in [3.05, 3.63) is 78.1 Å². The number of fused-ring (bicyclic) bond motifs is 1. The molecule has 4 aromatic rings. The number of aliphatic hydroxyl groups is 1. The van der Waals surface area contributed by atoms with Crippen LogP contribution in [-0.2, 0) is 29.8 Å². The Kier molecular flexibility index (Phi) is 21.5. The Hall–Kier alpha value is -4.08. The zero-order chi connectivity index (χ0) is 46.5. The van der Waals surface area contributed by atoms with Gasteiger partial charge in [-0.1, -0.05) is 147 Å². The molecule has 0 bridgehead atoms. The van der Waals surface area contributed by atoms with Gasteiger partial charge >= 0.3 is 19.8 Å². The van der Waals surface area contributed by atoms with E-state index in [1.807, 2.05) is 0 Å². The van der Waals surface area contributed by atoms with Crippen LogP contribution in [0.1, 0.15) is 160 Å². The average molecular weight is 931 g/mol. The number of unbranched alkanes of at least 4 members (excludes halogenated alkanes) is 19. The number of benzene rings is 2. The quantitative estimate of drug-likeness (QED) is 0.0183. The smallest absolute Gasteiger partial charge is 0.459 e. The van der Waals surface area contributed by atoms with Gasteiger partial charge in [0.15, 0.2) is 17.0 Å². The second-order valence-electron chi connectivity index (χ2n) is 17.6. The number of anilines is 1. The first kappa shape index (κ1) is 51.9. The minimum atomic E-state index is -4.58. The molecule has 0 saturated carbocycles. The summed E-state index contributed by atoms with van der Waals surface area (Å²) in [7, 11) is -4.58. The first-order valence-corrected chi connectivity index (χ1v) is 25.3. The average Bonchev–Trinajstić information content (AvgIpc) is 3.83. The summed E-state index contributed by atoms with van der Waals surface area (Å²) in [4.78, 5) is 25.2. The van der Waals surface area contributed by atoms with Crippen LogP contribution in [0, 0.1) is 17.7 Å². The summed E-state index contributed by atoms with van der Waals surface area (Å²) < 4.78 is 82.6. The Bertz CT molecular complexity index is 2060. The molecule has 1 fully saturated rings. The molecule has 2 aromatic carbocycles. The highest BCUT2D eigenvalue weighted by Gasteiger charge is 2.48. The van der Waals surface area contributed by atoms with E-state index in [2.05, 4.69) is 27.0 Å². The fraction of sp³-hybridized carbons (Fsp3) is 0.625. The maximum Gasteiger partial charge on any atom is 0.459 e. The highest BCUT2D eigenvalue weighted by Crippen LogP contribution is 2.48. The zero-order valence-corrected chi connectivity index (χ0v) is 39.1. The molecule has 0 amide bonds. The number of imidazole rings is 1. The van der Waals surface area contributed by atoms with Crippen molar-refractivity contribution in [1.82, 2.24) is 24.6 Å². The number of ether oxygens (including phenoxy) is 2. The van der Waals surface area contributed by atoms with Crippen LogP contribution in [0.2, 0.25) is 0 Å². The third-order valence-corrected chi connectivity index (χ3v) is 13.5. The molecule has 0 aliphatic carbocycles. The number of nitrogens with zero attached hydrogens (tertiary/aromatic N) is 4. The summed E-state index contributed by atoms with van der Waals surface area (Å²) in [6.07, 6.45) is 22.6. The lowest BCUT2D eigenvalue weighted by Crippen LogP contribution is -2.43. The van der Waals surface area contributed by atoms with Crippen LogP contribution in [0.15, 0.2) is 54.9 Å². The van der Waals surface area contributed by atoms with Crippen LogP contribution < -0.4 is 15.3 Å². The van der Waals surface area contributed by atoms with Crippen molar-refractivity contribution in [3.8, 4) is 5.75 Å². The molecule has 13 nitrogen and oxygen atoms in total. The number of aromatic nitrogens is 4. The molecule has 17 heteroatoms. The van der Waals surface area contributed by atoms with E-state index >= 15 is 0 Å². The minimum Gasteiger partial charge on any atom is -0.465 e. The summed E-state index contributed by atoms with van der Waals surface area (Å²) >= 11 is 0. The van der Waals surface area contributed by atoms with E-state index in [9.17, 15) is 27.6 Å². The number of aliphatic hydroxyl groups excluding tert-OH is 1. The van der Waals surface area contributed by atoms with Gasteiger partial charge in [-0.05, 0) is 49.6 Å². The lowest BCUT2D eigenvalue weighted by molar-refractivity contribution is -0.146. The number of nitrogens with two attached hydrogens (primary N) is 1. The third-order valence-electron chi connectivity index (χ3n) is 12.0. The van der Waals surface area contributed by atoms with Crippen molar-refractivity contribution < 1.29 is 46.2 Å². The first-order valence-electron chi connectivity index (χ1n) is 23.8. The van der Waals surface area contributed by atoms with Gasteiger partial charge in [-0.15, -0.1) is 0 Å². The number of nitrogen functional groups attached to an aromatic ring is 1. The van der Waals surface area contributed by atoms with E-state index in [1.165, 1.54) is 126 Å². The molecule has 0 radical (unpaired) electrons. The van der Waals surface area contributed by atoms with Crippen LogP contribution in [0.4, 0.5) is 19.0 Å². The highest BCUT2D eigenvalue weighted by atomic mass is 31.2. The van der Waals surface area contributed by atoms with E-state index in [0.717, 1.165) is 37.8 Å². The van der Waals surface area contributed by atoms with Crippen LogP contribution in [0.3, 0.4) is 0 Å². The summed E-state index contributed by atoms with van der Waals surface area (Å²) in [5.74, 6) is -2.58. The normalized spacial score (nSPS) is 18.8. The van der Waals surface area contributed by atoms with E-state index in [0.29, 0.717) is 12.5 Å². The standard InChI is InChI=1S/C48H70F3N6O7P/c1-3-4-5-6-7-8-9-10-11-12-13-14-15-16-17-18-19-20-21-25-28-61-46(59)40(31-36-29-37(49)32-38(50)30-36)56-65(60,64-39-26-23-22-24-27-39)62-34-48(2)41(58)33-42(63-48)57-35-53-43-44(52)54-47(51)55-45(43)57/h22-24,26-27,29-30,32,35,40-42,58H,3-21,25,28,31,33-34H2,1-2H3,(H,56,60)(H2,52,54,55)/t40-,41-,42+,48+,65?/m0/s1. The number of halogens is 3. The molecule has 1 unspecified atom stereocenters. The van der Waals surface area contributed by atoms with Gasteiger partial charge in [-0.25, -0.2) is 18.3 Å². The summed E-state index contributed by atoms with van der Waals surface area (Å²) in [5.41, 5.74) is 4.59. The minimum absolute atomic E-state index is 0.0201. The maximum atomic E-state index is 14.7. The Labute approximate surface area is 382 Å². The summed E-state index contributed by atoms with van der Waals surface area (Å²) in [6.45, 7) is 3.34. The molecule has 1 saturated heterocycles. The largest absolute Gasteiger partial charge is 0.465 e. The molecule has 65 heavy (non-hydrogen) atoms.